The van der Waals surface area contributed by atoms with Gasteiger partial charge in [0.05, 0.1) is 23.5 Å². The molecular formula is C27H25F4N5O. The summed E-state index contributed by atoms with van der Waals surface area (Å²) in [4.78, 5) is 28.3. The average molecular weight is 512 g/mol. The summed E-state index contributed by atoms with van der Waals surface area (Å²) in [7, 11) is 0. The molecule has 6 nitrogen and oxygen atoms in total. The van der Waals surface area contributed by atoms with Gasteiger partial charge in [-0.1, -0.05) is 12.1 Å². The molecule has 37 heavy (non-hydrogen) atoms. The zero-order valence-corrected chi connectivity index (χ0v) is 20.4. The van der Waals surface area contributed by atoms with Crippen LogP contribution in [-0.2, 0) is 12.7 Å². The molecule has 3 aromatic heterocycles. The quantitative estimate of drug-likeness (QED) is 0.344. The molecule has 1 saturated heterocycles. The topological polar surface area (TPSA) is 63.9 Å². The van der Waals surface area contributed by atoms with Gasteiger partial charge in [-0.15, -0.1) is 0 Å². The number of hydrogen-bond donors (Lipinski definition) is 0. The van der Waals surface area contributed by atoms with E-state index in [0.717, 1.165) is 11.6 Å². The van der Waals surface area contributed by atoms with E-state index in [4.69, 9.17) is 0 Å². The Kier molecular flexibility index (Phi) is 6.43. The minimum Gasteiger partial charge on any atom is -0.367 e. The van der Waals surface area contributed by atoms with Gasteiger partial charge in [0.15, 0.2) is 5.65 Å². The molecule has 1 fully saturated rings. The summed E-state index contributed by atoms with van der Waals surface area (Å²) in [6.07, 6.45) is -0.520. The van der Waals surface area contributed by atoms with Crippen LogP contribution in [0.15, 0.2) is 53.6 Å². The minimum atomic E-state index is -4.62. The number of aryl methyl sites for hydroxylation is 2. The van der Waals surface area contributed by atoms with Gasteiger partial charge in [-0.05, 0) is 68.0 Å². The van der Waals surface area contributed by atoms with E-state index in [1.165, 1.54) is 22.9 Å². The van der Waals surface area contributed by atoms with E-state index >= 15 is 0 Å². The number of rotatable bonds is 4. The first-order valence-corrected chi connectivity index (χ1v) is 12.0. The molecule has 0 spiro atoms. The van der Waals surface area contributed by atoms with Crippen molar-refractivity contribution in [2.24, 2.45) is 0 Å². The Morgan fingerprint density at radius 3 is 2.51 bits per heavy atom. The molecule has 5 rings (SSSR count). The molecule has 0 amide bonds. The van der Waals surface area contributed by atoms with E-state index in [1.807, 2.05) is 17.9 Å². The number of halogens is 4. The van der Waals surface area contributed by atoms with Crippen molar-refractivity contribution in [2.45, 2.75) is 45.3 Å². The zero-order valence-electron chi connectivity index (χ0n) is 20.4. The summed E-state index contributed by atoms with van der Waals surface area (Å²) >= 11 is 0. The highest BCUT2D eigenvalue weighted by Gasteiger charge is 2.34. The Labute approximate surface area is 210 Å². The smallest absolute Gasteiger partial charge is 0.367 e. The van der Waals surface area contributed by atoms with Gasteiger partial charge in [-0.3, -0.25) is 19.3 Å². The van der Waals surface area contributed by atoms with E-state index in [1.54, 1.807) is 25.3 Å². The molecule has 0 saturated carbocycles. The van der Waals surface area contributed by atoms with Crippen LogP contribution in [0.5, 0.6) is 0 Å². The molecule has 0 aliphatic carbocycles. The lowest BCUT2D eigenvalue weighted by atomic mass is 9.86. The fraction of sp³-hybridized carbons (Fsp3) is 0.333. The predicted octanol–water partition coefficient (Wildman–Crippen LogP) is 5.39. The number of alkyl halides is 3. The van der Waals surface area contributed by atoms with Crippen molar-refractivity contribution in [3.05, 3.63) is 93.0 Å². The van der Waals surface area contributed by atoms with Crippen molar-refractivity contribution in [3.8, 4) is 0 Å². The monoisotopic (exact) mass is 511 g/mol. The number of nitrogens with zero attached hydrogens (tertiary/aromatic N) is 5. The van der Waals surface area contributed by atoms with E-state index in [-0.39, 0.29) is 23.1 Å². The van der Waals surface area contributed by atoms with Crippen LogP contribution in [0, 0.1) is 19.7 Å². The third-order valence-electron chi connectivity index (χ3n) is 6.91. The molecular weight excluding hydrogens is 486 g/mol. The molecule has 1 aliphatic rings. The third kappa shape index (κ3) is 4.80. The fourth-order valence-corrected chi connectivity index (χ4v) is 5.12. The highest BCUT2D eigenvalue weighted by Crippen LogP contribution is 2.34. The first-order valence-electron chi connectivity index (χ1n) is 12.0. The Balaban J connectivity index is 1.53. The lowest BCUT2D eigenvalue weighted by Crippen LogP contribution is -2.38. The lowest BCUT2D eigenvalue weighted by molar-refractivity contribution is -0.138. The number of anilines is 1. The number of piperidine rings is 1. The van der Waals surface area contributed by atoms with Crippen LogP contribution in [0.3, 0.4) is 0 Å². The first-order chi connectivity index (χ1) is 17.6. The predicted molar refractivity (Wildman–Crippen MR) is 132 cm³/mol. The first kappa shape index (κ1) is 24.9. The number of fused-ring (bicyclic) bond motifs is 1. The second-order valence-electron chi connectivity index (χ2n) is 9.37. The molecule has 1 aromatic carbocycles. The van der Waals surface area contributed by atoms with Crippen molar-refractivity contribution in [1.29, 1.82) is 0 Å². The molecule has 0 bridgehead atoms. The van der Waals surface area contributed by atoms with Gasteiger partial charge >= 0.3 is 6.18 Å². The zero-order chi connectivity index (χ0) is 26.3. The van der Waals surface area contributed by atoms with Crippen LogP contribution in [0.1, 0.15) is 46.8 Å². The van der Waals surface area contributed by atoms with Gasteiger partial charge in [-0.2, -0.15) is 13.2 Å². The summed E-state index contributed by atoms with van der Waals surface area (Å²) in [6.45, 7) is 4.18. The maximum Gasteiger partial charge on any atom is 0.418 e. The molecule has 0 atom stereocenters. The second kappa shape index (κ2) is 9.57. The summed E-state index contributed by atoms with van der Waals surface area (Å²) in [6, 6.07) is 8.85. The number of hydrogen-bond acceptors (Lipinski definition) is 5. The molecule has 0 radical (unpaired) electrons. The van der Waals surface area contributed by atoms with E-state index in [0.29, 0.717) is 48.4 Å². The Morgan fingerprint density at radius 1 is 1.05 bits per heavy atom. The summed E-state index contributed by atoms with van der Waals surface area (Å²) < 4.78 is 56.7. The van der Waals surface area contributed by atoms with Crippen molar-refractivity contribution in [1.82, 2.24) is 19.5 Å². The van der Waals surface area contributed by atoms with Crippen molar-refractivity contribution >= 4 is 16.9 Å². The Bertz CT molecular complexity index is 1500. The number of pyridine rings is 2. The molecule has 192 valence electrons. The van der Waals surface area contributed by atoms with Crippen LogP contribution in [0.2, 0.25) is 0 Å². The molecule has 0 N–H and O–H groups in total. The molecule has 4 aromatic rings. The number of aromatic nitrogens is 4. The average Bonchev–Trinajstić information content (AvgIpc) is 2.86. The summed E-state index contributed by atoms with van der Waals surface area (Å²) in [5.74, 6) is -0.210. The standard InChI is InChI=1S/C27H25F4N5O/c1-16-5-3-7-20(28)24(16)18-8-11-35(12-9-18)23-13-21-25(34-17(2)14-33-21)36(26(23)37)15-22-19(27(29,30)31)6-4-10-32-22/h3-7,10,13-14,18H,8-9,11-12,15H2,1-2H3. The largest absolute Gasteiger partial charge is 0.418 e. The fourth-order valence-electron chi connectivity index (χ4n) is 5.12. The van der Waals surface area contributed by atoms with Crippen molar-refractivity contribution < 1.29 is 17.6 Å². The van der Waals surface area contributed by atoms with Crippen LogP contribution in [-0.4, -0.2) is 32.6 Å². The van der Waals surface area contributed by atoms with Gasteiger partial charge in [-0.25, -0.2) is 9.37 Å². The summed E-state index contributed by atoms with van der Waals surface area (Å²) in [5.41, 5.74) is 1.43. The Morgan fingerprint density at radius 2 is 1.81 bits per heavy atom. The van der Waals surface area contributed by atoms with Crippen LogP contribution < -0.4 is 10.5 Å². The lowest BCUT2D eigenvalue weighted by Gasteiger charge is -2.34. The van der Waals surface area contributed by atoms with Gasteiger partial charge in [0, 0.05) is 25.5 Å². The molecule has 10 heteroatoms. The maximum absolute atomic E-state index is 14.5. The highest BCUT2D eigenvalue weighted by atomic mass is 19.4. The molecule has 0 unspecified atom stereocenters. The maximum atomic E-state index is 14.5. The summed E-state index contributed by atoms with van der Waals surface area (Å²) in [5, 5.41) is 0. The van der Waals surface area contributed by atoms with Crippen molar-refractivity contribution in [3.63, 3.8) is 0 Å². The van der Waals surface area contributed by atoms with Gasteiger partial charge in [0.25, 0.3) is 5.56 Å². The normalized spacial score (nSPS) is 14.9. The third-order valence-corrected chi connectivity index (χ3v) is 6.91. The molecule has 1 aliphatic heterocycles. The molecule has 4 heterocycles. The number of benzene rings is 1. The van der Waals surface area contributed by atoms with E-state index in [2.05, 4.69) is 15.0 Å². The second-order valence-corrected chi connectivity index (χ2v) is 9.37. The van der Waals surface area contributed by atoms with Crippen LogP contribution in [0.4, 0.5) is 23.2 Å². The van der Waals surface area contributed by atoms with E-state index in [9.17, 15) is 22.4 Å². The SMILES string of the molecule is Cc1cnc2cc(N3CCC(c4c(C)cccc4F)CC3)c(=O)n(Cc3ncccc3C(F)(F)F)c2n1. The van der Waals surface area contributed by atoms with E-state index < -0.39 is 23.8 Å². The Hall–Kier alpha value is -3.82. The van der Waals surface area contributed by atoms with Gasteiger partial charge in [0.1, 0.15) is 17.0 Å². The van der Waals surface area contributed by atoms with Gasteiger partial charge < -0.3 is 4.90 Å². The van der Waals surface area contributed by atoms with Crippen LogP contribution in [0.25, 0.3) is 11.2 Å². The minimum absolute atomic E-state index is 0.0189. The van der Waals surface area contributed by atoms with Crippen LogP contribution >= 0.6 is 0 Å². The van der Waals surface area contributed by atoms with Gasteiger partial charge in [0.2, 0.25) is 0 Å². The van der Waals surface area contributed by atoms with Crippen molar-refractivity contribution in [2.75, 3.05) is 18.0 Å². The highest BCUT2D eigenvalue weighted by molar-refractivity contribution is 5.75.